The van der Waals surface area contributed by atoms with Crippen LogP contribution in [0.5, 0.6) is 0 Å². The number of amides is 1. The Morgan fingerprint density at radius 3 is 2.67 bits per heavy atom. The van der Waals surface area contributed by atoms with Gasteiger partial charge in [0.05, 0.1) is 6.54 Å². The van der Waals surface area contributed by atoms with Crippen molar-refractivity contribution in [2.45, 2.75) is 32.7 Å². The Labute approximate surface area is 249 Å². The van der Waals surface area contributed by atoms with Gasteiger partial charge >= 0.3 is 186 Å². The summed E-state index contributed by atoms with van der Waals surface area (Å²) >= 11 is 1.56. The molecule has 2 unspecified atom stereocenters. The van der Waals surface area contributed by atoms with Crippen LogP contribution in [-0.4, -0.2) is 56.4 Å². The molecule has 0 bridgehead atoms. The Morgan fingerprint density at radius 2 is 2.02 bits per heavy atom. The molecular formula is C30H32BF2N6O2S. The zero-order valence-electron chi connectivity index (χ0n) is 23.5. The van der Waals surface area contributed by atoms with Gasteiger partial charge in [-0.3, -0.25) is 0 Å². The fourth-order valence-corrected chi connectivity index (χ4v) is 3.98. The van der Waals surface area contributed by atoms with Crippen LogP contribution < -0.4 is 21.7 Å². The van der Waals surface area contributed by atoms with E-state index < -0.39 is 24.1 Å². The van der Waals surface area contributed by atoms with Crippen LogP contribution in [0.4, 0.5) is 8.78 Å². The second-order valence-corrected chi connectivity index (χ2v) is 9.58. The molecule has 42 heavy (non-hydrogen) atoms. The van der Waals surface area contributed by atoms with E-state index in [0.29, 0.717) is 33.4 Å². The predicted molar refractivity (Wildman–Crippen MR) is 166 cm³/mol. The molecule has 3 rings (SSSR count). The van der Waals surface area contributed by atoms with Crippen molar-refractivity contribution in [1.82, 2.24) is 20.9 Å². The van der Waals surface area contributed by atoms with Gasteiger partial charge in [0, 0.05) is 11.6 Å². The molecule has 8 nitrogen and oxygen atoms in total. The molecule has 1 aromatic heterocycles. The number of carbonyl (C=O) groups excluding carboxylic acids is 2. The number of nitrogens with two attached hydrogens (primary N) is 1. The molecule has 2 atom stereocenters. The normalized spacial score (nSPS) is 12.2. The third kappa shape index (κ3) is 11.6. The summed E-state index contributed by atoms with van der Waals surface area (Å²) in [6, 6.07) is 11.0. The van der Waals surface area contributed by atoms with Crippen LogP contribution in [0.15, 0.2) is 65.2 Å². The van der Waals surface area contributed by atoms with Crippen LogP contribution in [0.1, 0.15) is 47.2 Å². The maximum absolute atomic E-state index is 14.3. The summed E-state index contributed by atoms with van der Waals surface area (Å²) in [6.07, 6.45) is 3.03. The Kier molecular flexibility index (Phi) is 14.5. The summed E-state index contributed by atoms with van der Waals surface area (Å²) in [7, 11) is 8.12. The van der Waals surface area contributed by atoms with E-state index in [9.17, 15) is 18.4 Å². The SMILES string of the molecule is CNCC#Cc1nccs1.[B]=C(NC(C)c1cc(F)cc(C(=C/N)/C=N/C(C)F)c1)c1ccccc1CNC(=O)C=O. The van der Waals surface area contributed by atoms with Crippen LogP contribution in [0.3, 0.4) is 0 Å². The number of carbonyl (C=O) groups is 2. The standard InChI is InChI=1S/C23H24BF2N4O2.C7H8N2S/c1-14(17-7-18(9-20(26)8-17)19(10-27)12-28-15(2)25)30-23(24)21-6-4-3-5-16(21)11-29-22(32)13-31;1-8-4-2-3-7-9-5-6-10-7/h3-10,12-15,30H,11,27H2,1-2H3,(H,29,32);5-6,8H,4H2,1H3/b19-10+,28-12+;. The molecule has 2 aromatic carbocycles. The number of thiazole rings is 1. The number of alkyl halides is 1. The summed E-state index contributed by atoms with van der Waals surface area (Å²) in [6.45, 7) is 3.91. The molecule has 1 radical (unpaired) electrons. The Bertz CT molecular complexity index is 1470. The van der Waals surface area contributed by atoms with Crippen molar-refractivity contribution in [3.8, 4) is 11.8 Å². The summed E-state index contributed by atoms with van der Waals surface area (Å²) < 4.78 is 27.3. The van der Waals surface area contributed by atoms with Gasteiger partial charge in [0.15, 0.2) is 5.01 Å². The van der Waals surface area contributed by atoms with Gasteiger partial charge in [-0.25, -0.2) is 4.98 Å². The number of hydrogen-bond acceptors (Lipinski definition) is 8. The number of nitrogens with one attached hydrogen (secondary N) is 3. The number of hydrogen-bond donors (Lipinski definition) is 4. The first-order valence-corrected chi connectivity index (χ1v) is 13.7. The maximum atomic E-state index is 14.3. The molecule has 0 spiro atoms. The van der Waals surface area contributed by atoms with Crippen molar-refractivity contribution in [3.63, 3.8) is 0 Å². The number of benzene rings is 2. The number of aromatic nitrogens is 1. The first-order valence-electron chi connectivity index (χ1n) is 12.8. The van der Waals surface area contributed by atoms with E-state index >= 15 is 0 Å². The average molecular weight is 590 g/mol. The van der Waals surface area contributed by atoms with E-state index in [0.717, 1.165) is 11.6 Å². The molecule has 0 aliphatic carbocycles. The number of rotatable bonds is 11. The van der Waals surface area contributed by atoms with Gasteiger partial charge in [0.1, 0.15) is 0 Å². The quantitative estimate of drug-likeness (QED) is 0.0682. The van der Waals surface area contributed by atoms with Crippen LogP contribution in [-0.2, 0) is 16.1 Å². The van der Waals surface area contributed by atoms with E-state index in [1.807, 2.05) is 12.4 Å². The van der Waals surface area contributed by atoms with Crippen LogP contribution >= 0.6 is 11.3 Å². The molecule has 1 heterocycles. The van der Waals surface area contributed by atoms with Crippen LogP contribution in [0, 0.1) is 17.7 Å². The zero-order chi connectivity index (χ0) is 30.9. The van der Waals surface area contributed by atoms with E-state index in [1.54, 1.807) is 54.8 Å². The third-order valence-corrected chi connectivity index (χ3v) is 6.17. The van der Waals surface area contributed by atoms with Gasteiger partial charge in [0.2, 0.25) is 0 Å². The summed E-state index contributed by atoms with van der Waals surface area (Å²) in [5, 5.41) is 11.3. The van der Waals surface area contributed by atoms with E-state index in [4.69, 9.17) is 13.2 Å². The summed E-state index contributed by atoms with van der Waals surface area (Å²) in [4.78, 5) is 29.4. The van der Waals surface area contributed by atoms with Crippen molar-refractivity contribution in [1.29, 1.82) is 0 Å². The van der Waals surface area contributed by atoms with Crippen LogP contribution in [0.25, 0.3) is 5.57 Å². The molecule has 1 amide bonds. The van der Waals surface area contributed by atoms with Crippen molar-refractivity contribution in [2.24, 2.45) is 10.7 Å². The topological polar surface area (TPSA) is 122 Å². The number of allylic oxidation sites excluding steroid dienone is 1. The van der Waals surface area contributed by atoms with Crippen LogP contribution in [0.2, 0.25) is 0 Å². The molecule has 3 aromatic rings. The number of aldehydes is 1. The molecule has 0 aliphatic rings. The van der Waals surface area contributed by atoms with E-state index in [2.05, 4.69) is 37.8 Å². The molecule has 12 heteroatoms. The fourth-order valence-electron chi connectivity index (χ4n) is 3.47. The van der Waals surface area contributed by atoms with Gasteiger partial charge < -0.3 is 5.32 Å². The van der Waals surface area contributed by atoms with Crippen molar-refractivity contribution in [2.75, 3.05) is 13.6 Å². The minimum absolute atomic E-state index is 0.117. The second-order valence-electron chi connectivity index (χ2n) is 8.69. The molecule has 0 fully saturated rings. The predicted octanol–water partition coefficient (Wildman–Crippen LogP) is 3.04. The van der Waals surface area contributed by atoms with Crippen molar-refractivity contribution < 1.29 is 18.4 Å². The van der Waals surface area contributed by atoms with Gasteiger partial charge in [0.25, 0.3) is 0 Å². The molecule has 5 N–H and O–H groups in total. The number of halogens is 2. The van der Waals surface area contributed by atoms with Gasteiger partial charge in [-0.1, -0.05) is 5.92 Å². The molecule has 217 valence electrons. The molecule has 0 saturated heterocycles. The first-order chi connectivity index (χ1) is 20.2. The van der Waals surface area contributed by atoms with Gasteiger partial charge in [-0.15, -0.1) is 11.3 Å². The Balaban J connectivity index is 0.000000518. The third-order valence-electron chi connectivity index (χ3n) is 5.48. The number of aliphatic imine (C=N–C) groups is 1. The minimum atomic E-state index is -1.41. The fraction of sp³-hybridized carbons (Fsp3) is 0.233. The molecule has 0 aliphatic heterocycles. The van der Waals surface area contributed by atoms with E-state index in [1.165, 1.54) is 31.5 Å². The Morgan fingerprint density at radius 1 is 1.26 bits per heavy atom. The van der Waals surface area contributed by atoms with Gasteiger partial charge in [-0.05, 0) is 13.0 Å². The van der Waals surface area contributed by atoms with Crippen molar-refractivity contribution >= 4 is 48.4 Å². The van der Waals surface area contributed by atoms with E-state index in [-0.39, 0.29) is 12.8 Å². The zero-order valence-corrected chi connectivity index (χ0v) is 24.3. The number of nitrogens with zero attached hydrogens (tertiary/aromatic N) is 2. The first kappa shape index (κ1) is 33.7. The average Bonchev–Trinajstić information content (AvgIpc) is 3.50. The van der Waals surface area contributed by atoms with Gasteiger partial charge in [-0.2, -0.15) is 0 Å². The Hall–Kier alpha value is -4.47. The van der Waals surface area contributed by atoms with Crippen molar-refractivity contribution in [3.05, 3.63) is 93.3 Å². The molecular weight excluding hydrogens is 557 g/mol. The summed E-state index contributed by atoms with van der Waals surface area (Å²) in [5.41, 5.74) is 8.64. The monoisotopic (exact) mass is 589 g/mol. The summed E-state index contributed by atoms with van der Waals surface area (Å²) in [5.74, 6) is 4.61. The second kappa shape index (κ2) is 18.1. The molecule has 0 saturated carbocycles.